The van der Waals surface area contributed by atoms with Crippen molar-refractivity contribution >= 4 is 11.6 Å². The molecular weight excluding hydrogens is 338 g/mol. The lowest BCUT2D eigenvalue weighted by molar-refractivity contribution is 0.298. The van der Waals surface area contributed by atoms with Gasteiger partial charge in [-0.1, -0.05) is 48.0 Å². The highest BCUT2D eigenvalue weighted by Crippen LogP contribution is 2.37. The maximum Gasteiger partial charge on any atom is 0.251 e. The van der Waals surface area contributed by atoms with E-state index in [4.69, 9.17) is 16.3 Å². The predicted molar refractivity (Wildman–Crippen MR) is 99.4 cm³/mol. The molecule has 0 spiro atoms. The Bertz CT molecular complexity index is 950. The topological polar surface area (TPSA) is 51.5 Å². The number of pyridine rings is 1. The van der Waals surface area contributed by atoms with E-state index in [0.29, 0.717) is 22.9 Å². The molecule has 1 heterocycles. The van der Waals surface area contributed by atoms with Crippen LogP contribution in [-0.2, 0) is 13.5 Å². The highest BCUT2D eigenvalue weighted by atomic mass is 35.5. The second-order valence-electron chi connectivity index (χ2n) is 5.66. The average molecular weight is 356 g/mol. The Hall–Kier alpha value is -2.56. The summed E-state index contributed by atoms with van der Waals surface area (Å²) in [5.41, 5.74) is 2.27. The van der Waals surface area contributed by atoms with Gasteiger partial charge in [0.1, 0.15) is 11.5 Å². The zero-order chi connectivity index (χ0) is 17.8. The van der Waals surface area contributed by atoms with E-state index in [-0.39, 0.29) is 12.2 Å². The molecule has 3 aromatic rings. The Kier molecular flexibility index (Phi) is 5.22. The van der Waals surface area contributed by atoms with Crippen LogP contribution in [0.4, 0.5) is 0 Å². The first kappa shape index (κ1) is 17.3. The van der Waals surface area contributed by atoms with Gasteiger partial charge in [0, 0.05) is 37.0 Å². The number of halogens is 1. The fourth-order valence-corrected chi connectivity index (χ4v) is 2.88. The lowest BCUT2D eigenvalue weighted by atomic mass is 10.1. The summed E-state index contributed by atoms with van der Waals surface area (Å²) in [6, 6.07) is 16.5. The van der Waals surface area contributed by atoms with Gasteiger partial charge in [-0.2, -0.15) is 0 Å². The second kappa shape index (κ2) is 7.55. The molecule has 0 aliphatic carbocycles. The molecule has 0 aliphatic rings. The van der Waals surface area contributed by atoms with Crippen LogP contribution in [0.5, 0.6) is 11.5 Å². The van der Waals surface area contributed by atoms with E-state index in [1.165, 1.54) is 10.6 Å². The maximum atomic E-state index is 11.7. The summed E-state index contributed by atoms with van der Waals surface area (Å²) in [6.07, 6.45) is 2.21. The van der Waals surface area contributed by atoms with E-state index in [9.17, 15) is 9.90 Å². The molecule has 0 saturated carbocycles. The molecule has 4 nitrogen and oxygen atoms in total. The quantitative estimate of drug-likeness (QED) is 0.751. The monoisotopic (exact) mass is 355 g/mol. The molecule has 3 rings (SSSR count). The Morgan fingerprint density at radius 2 is 1.72 bits per heavy atom. The lowest BCUT2D eigenvalue weighted by Crippen LogP contribution is -2.14. The third-order valence-corrected chi connectivity index (χ3v) is 4.24. The van der Waals surface area contributed by atoms with Crippen LogP contribution in [0.1, 0.15) is 5.56 Å². The fourth-order valence-electron chi connectivity index (χ4n) is 2.63. The number of aliphatic hydroxyl groups excluding tert-OH is 1. The lowest BCUT2D eigenvalue weighted by Gasteiger charge is -2.15. The van der Waals surface area contributed by atoms with Crippen molar-refractivity contribution in [2.45, 2.75) is 6.42 Å². The summed E-state index contributed by atoms with van der Waals surface area (Å²) in [7, 11) is 1.68. The normalized spacial score (nSPS) is 10.7. The first-order chi connectivity index (χ1) is 12.1. The van der Waals surface area contributed by atoms with Crippen molar-refractivity contribution in [3.8, 4) is 22.6 Å². The molecule has 0 fully saturated rings. The Balaban J connectivity index is 2.06. The zero-order valence-corrected chi connectivity index (χ0v) is 14.5. The van der Waals surface area contributed by atoms with Crippen molar-refractivity contribution < 1.29 is 9.84 Å². The largest absolute Gasteiger partial charge is 0.456 e. The van der Waals surface area contributed by atoms with Crippen LogP contribution < -0.4 is 10.3 Å². The summed E-state index contributed by atoms with van der Waals surface area (Å²) >= 11 is 6.29. The first-order valence-electron chi connectivity index (χ1n) is 7.92. The molecule has 1 aromatic heterocycles. The molecule has 5 heteroatoms. The SMILES string of the molecule is Cn1cc(-c2ccccc2Oc2ccccc2CCO)c(Cl)cc1=O. The van der Waals surface area contributed by atoms with Crippen molar-refractivity contribution in [3.63, 3.8) is 0 Å². The summed E-state index contributed by atoms with van der Waals surface area (Å²) in [6.45, 7) is 0.0502. The van der Waals surface area contributed by atoms with E-state index < -0.39 is 0 Å². The van der Waals surface area contributed by atoms with E-state index in [2.05, 4.69) is 0 Å². The molecular formula is C20H18ClNO3. The van der Waals surface area contributed by atoms with Crippen LogP contribution in [0.25, 0.3) is 11.1 Å². The van der Waals surface area contributed by atoms with Crippen LogP contribution in [0.3, 0.4) is 0 Å². The molecule has 1 N–H and O–H groups in total. The molecule has 0 unspecified atom stereocenters. The van der Waals surface area contributed by atoms with Gasteiger partial charge in [0.2, 0.25) is 0 Å². The third-order valence-electron chi connectivity index (χ3n) is 3.93. The fraction of sp³-hybridized carbons (Fsp3) is 0.150. The molecule has 0 saturated heterocycles. The molecule has 0 aliphatic heterocycles. The number of aromatic nitrogens is 1. The van der Waals surface area contributed by atoms with E-state index in [1.54, 1.807) is 13.2 Å². The number of hydrogen-bond donors (Lipinski definition) is 1. The number of nitrogens with zero attached hydrogens (tertiary/aromatic N) is 1. The van der Waals surface area contributed by atoms with Crippen LogP contribution in [0, 0.1) is 0 Å². The number of aryl methyl sites for hydroxylation is 1. The highest BCUT2D eigenvalue weighted by Gasteiger charge is 2.13. The summed E-state index contributed by atoms with van der Waals surface area (Å²) in [5, 5.41) is 9.61. The van der Waals surface area contributed by atoms with E-state index in [0.717, 1.165) is 16.7 Å². The molecule has 25 heavy (non-hydrogen) atoms. The van der Waals surface area contributed by atoms with E-state index in [1.807, 2.05) is 48.5 Å². The Labute approximate surface area is 150 Å². The van der Waals surface area contributed by atoms with Gasteiger partial charge in [-0.3, -0.25) is 4.79 Å². The van der Waals surface area contributed by atoms with Crippen LogP contribution >= 0.6 is 11.6 Å². The number of rotatable bonds is 5. The van der Waals surface area contributed by atoms with Gasteiger partial charge in [-0.15, -0.1) is 0 Å². The van der Waals surface area contributed by atoms with Gasteiger partial charge in [0.25, 0.3) is 5.56 Å². The van der Waals surface area contributed by atoms with Gasteiger partial charge >= 0.3 is 0 Å². The Morgan fingerprint density at radius 3 is 2.48 bits per heavy atom. The molecule has 0 bridgehead atoms. The van der Waals surface area contributed by atoms with Crippen LogP contribution in [0.2, 0.25) is 5.02 Å². The molecule has 0 amide bonds. The molecule has 0 atom stereocenters. The molecule has 2 aromatic carbocycles. The van der Waals surface area contributed by atoms with Gasteiger partial charge in [0.15, 0.2) is 0 Å². The second-order valence-corrected chi connectivity index (χ2v) is 6.07. The minimum absolute atomic E-state index is 0.0502. The van der Waals surface area contributed by atoms with Crippen LogP contribution in [0.15, 0.2) is 65.6 Å². The van der Waals surface area contributed by atoms with Crippen molar-refractivity contribution in [2.24, 2.45) is 7.05 Å². The zero-order valence-electron chi connectivity index (χ0n) is 13.8. The number of hydrogen-bond acceptors (Lipinski definition) is 3. The summed E-state index contributed by atoms with van der Waals surface area (Å²) in [5.74, 6) is 1.32. The Morgan fingerprint density at radius 1 is 1.04 bits per heavy atom. The average Bonchev–Trinajstić information content (AvgIpc) is 2.61. The third kappa shape index (κ3) is 3.76. The minimum Gasteiger partial charge on any atom is -0.456 e. The number of para-hydroxylation sites is 2. The smallest absolute Gasteiger partial charge is 0.251 e. The van der Waals surface area contributed by atoms with Crippen molar-refractivity contribution in [2.75, 3.05) is 6.61 Å². The number of aliphatic hydroxyl groups is 1. The highest BCUT2D eigenvalue weighted by molar-refractivity contribution is 6.33. The van der Waals surface area contributed by atoms with Crippen molar-refractivity contribution in [1.82, 2.24) is 4.57 Å². The van der Waals surface area contributed by atoms with Crippen molar-refractivity contribution in [1.29, 1.82) is 0 Å². The van der Waals surface area contributed by atoms with Crippen LogP contribution in [-0.4, -0.2) is 16.3 Å². The number of ether oxygens (including phenoxy) is 1. The molecule has 0 radical (unpaired) electrons. The van der Waals surface area contributed by atoms with Gasteiger partial charge in [-0.05, 0) is 24.1 Å². The van der Waals surface area contributed by atoms with Gasteiger partial charge in [0.05, 0.1) is 5.02 Å². The first-order valence-corrected chi connectivity index (χ1v) is 8.30. The molecule has 128 valence electrons. The maximum absolute atomic E-state index is 11.7. The van der Waals surface area contributed by atoms with E-state index >= 15 is 0 Å². The van der Waals surface area contributed by atoms with Gasteiger partial charge < -0.3 is 14.4 Å². The standard InChI is InChI=1S/C20H18ClNO3/c1-22-13-16(17(21)12-20(22)24)15-7-3-5-9-19(15)25-18-8-4-2-6-14(18)10-11-23/h2-9,12-13,23H,10-11H2,1H3. The van der Waals surface area contributed by atoms with Gasteiger partial charge in [-0.25, -0.2) is 0 Å². The van der Waals surface area contributed by atoms with Crippen molar-refractivity contribution in [3.05, 3.63) is 81.7 Å². The predicted octanol–water partition coefficient (Wildman–Crippen LogP) is 4.03. The number of benzene rings is 2. The minimum atomic E-state index is -0.166. The summed E-state index contributed by atoms with van der Waals surface area (Å²) in [4.78, 5) is 11.7. The summed E-state index contributed by atoms with van der Waals surface area (Å²) < 4.78 is 7.60.